The molecule has 0 aliphatic heterocycles. The Morgan fingerprint density at radius 3 is 2.90 bits per heavy atom. The Hall–Kier alpha value is -1.69. The smallest absolute Gasteiger partial charge is 0.307 e. The van der Waals surface area contributed by atoms with E-state index in [1.54, 1.807) is 13.4 Å². The summed E-state index contributed by atoms with van der Waals surface area (Å²) >= 11 is 0. The molecular weight excluding hydrogens is 258 g/mol. The van der Waals surface area contributed by atoms with Gasteiger partial charge in [-0.1, -0.05) is 0 Å². The predicted octanol–water partition coefficient (Wildman–Crippen LogP) is 0.981. The van der Waals surface area contributed by atoms with Crippen molar-refractivity contribution in [3.8, 4) is 0 Å². The van der Waals surface area contributed by atoms with Crippen molar-refractivity contribution in [2.24, 2.45) is 0 Å². The summed E-state index contributed by atoms with van der Waals surface area (Å²) < 4.78 is 9.85. The van der Waals surface area contributed by atoms with Crippen LogP contribution in [0.5, 0.6) is 0 Å². The zero-order chi connectivity index (χ0) is 14.4. The molecule has 0 amide bonds. The largest absolute Gasteiger partial charge is 0.469 e. The lowest BCUT2D eigenvalue weighted by Crippen LogP contribution is -2.31. The molecule has 1 aliphatic rings. The molecule has 0 saturated carbocycles. The van der Waals surface area contributed by atoms with E-state index >= 15 is 0 Å². The van der Waals surface area contributed by atoms with Crippen LogP contribution in [0.15, 0.2) is 6.33 Å². The monoisotopic (exact) mass is 279 g/mol. The molecular formula is C14H21N3O3. The topological polar surface area (TPSA) is 64.5 Å². The highest BCUT2D eigenvalue weighted by atomic mass is 16.5. The average Bonchev–Trinajstić information content (AvgIpc) is 2.95. The number of aromatic nitrogens is 2. The van der Waals surface area contributed by atoms with Crippen molar-refractivity contribution in [1.29, 1.82) is 0 Å². The van der Waals surface area contributed by atoms with Gasteiger partial charge >= 0.3 is 5.97 Å². The molecule has 0 radical (unpaired) electrons. The maximum atomic E-state index is 11.3. The van der Waals surface area contributed by atoms with Crippen molar-refractivity contribution in [3.63, 3.8) is 0 Å². The molecule has 2 rings (SSSR count). The number of rotatable bonds is 7. The van der Waals surface area contributed by atoms with Gasteiger partial charge in [0.2, 0.25) is 0 Å². The fourth-order valence-electron chi connectivity index (χ4n) is 2.47. The Kier molecular flexibility index (Phi) is 5.29. The molecule has 110 valence electrons. The van der Waals surface area contributed by atoms with E-state index in [9.17, 15) is 4.79 Å². The lowest BCUT2D eigenvalue weighted by atomic mass is 10.2. The molecule has 0 atom stereocenters. The lowest BCUT2D eigenvalue weighted by Gasteiger charge is -2.24. The van der Waals surface area contributed by atoms with Gasteiger partial charge in [-0.2, -0.15) is 0 Å². The van der Waals surface area contributed by atoms with Crippen LogP contribution in [0.4, 0.5) is 5.82 Å². The fourth-order valence-corrected chi connectivity index (χ4v) is 2.47. The molecule has 0 aromatic carbocycles. The number of esters is 1. The first-order chi connectivity index (χ1) is 9.76. The van der Waals surface area contributed by atoms with Crippen LogP contribution in [0.3, 0.4) is 0 Å². The summed E-state index contributed by atoms with van der Waals surface area (Å²) in [5, 5.41) is 0. The van der Waals surface area contributed by atoms with Crippen molar-refractivity contribution < 1.29 is 14.3 Å². The first-order valence-corrected chi connectivity index (χ1v) is 6.89. The highest BCUT2D eigenvalue weighted by Gasteiger charge is 2.21. The van der Waals surface area contributed by atoms with E-state index in [4.69, 9.17) is 9.47 Å². The maximum Gasteiger partial charge on any atom is 0.307 e. The zero-order valence-electron chi connectivity index (χ0n) is 12.1. The molecule has 0 spiro atoms. The average molecular weight is 279 g/mol. The van der Waals surface area contributed by atoms with Crippen molar-refractivity contribution in [2.75, 3.05) is 38.8 Å². The number of nitrogens with zero attached hydrogens (tertiary/aromatic N) is 3. The second-order valence-electron chi connectivity index (χ2n) is 4.78. The summed E-state index contributed by atoms with van der Waals surface area (Å²) in [5.74, 6) is 0.728. The normalized spacial score (nSPS) is 13.1. The standard InChI is InChI=1S/C14H21N3O3/c1-19-9-8-17(7-6-13(18)20-2)14-11-4-3-5-12(11)15-10-16-14/h10H,3-9H2,1-2H3. The quantitative estimate of drug-likeness (QED) is 0.693. The number of fused-ring (bicyclic) bond motifs is 1. The van der Waals surface area contributed by atoms with Gasteiger partial charge < -0.3 is 14.4 Å². The van der Waals surface area contributed by atoms with Crippen LogP contribution in [0, 0.1) is 0 Å². The van der Waals surface area contributed by atoms with Gasteiger partial charge in [0.1, 0.15) is 12.1 Å². The van der Waals surface area contributed by atoms with E-state index in [0.29, 0.717) is 26.1 Å². The Morgan fingerprint density at radius 1 is 1.30 bits per heavy atom. The first kappa shape index (κ1) is 14.7. The Balaban J connectivity index is 2.13. The third-order valence-electron chi connectivity index (χ3n) is 3.53. The van der Waals surface area contributed by atoms with Gasteiger partial charge in [0, 0.05) is 31.5 Å². The number of carbonyl (C=O) groups is 1. The van der Waals surface area contributed by atoms with Gasteiger partial charge in [0.15, 0.2) is 0 Å². The van der Waals surface area contributed by atoms with Gasteiger partial charge in [0.25, 0.3) is 0 Å². The number of ether oxygens (including phenoxy) is 2. The fraction of sp³-hybridized carbons (Fsp3) is 0.643. The number of hydrogen-bond donors (Lipinski definition) is 0. The predicted molar refractivity (Wildman–Crippen MR) is 74.8 cm³/mol. The molecule has 0 fully saturated rings. The van der Waals surface area contributed by atoms with E-state index in [2.05, 4.69) is 14.9 Å². The van der Waals surface area contributed by atoms with Gasteiger partial charge in [-0.05, 0) is 19.3 Å². The minimum absolute atomic E-state index is 0.210. The second kappa shape index (κ2) is 7.19. The van der Waals surface area contributed by atoms with Crippen LogP contribution in [-0.2, 0) is 27.1 Å². The molecule has 0 bridgehead atoms. The number of aryl methyl sites for hydroxylation is 1. The summed E-state index contributed by atoms with van der Waals surface area (Å²) in [6.07, 6.45) is 5.10. The molecule has 1 aromatic rings. The van der Waals surface area contributed by atoms with E-state index in [-0.39, 0.29) is 5.97 Å². The molecule has 0 N–H and O–H groups in total. The van der Waals surface area contributed by atoms with Crippen LogP contribution in [0.2, 0.25) is 0 Å². The van der Waals surface area contributed by atoms with Gasteiger partial charge in [-0.25, -0.2) is 9.97 Å². The van der Waals surface area contributed by atoms with E-state index in [1.807, 2.05) is 0 Å². The first-order valence-electron chi connectivity index (χ1n) is 6.89. The lowest BCUT2D eigenvalue weighted by molar-refractivity contribution is -0.140. The van der Waals surface area contributed by atoms with Gasteiger partial charge in [-0.3, -0.25) is 4.79 Å². The maximum absolute atomic E-state index is 11.3. The molecule has 0 saturated heterocycles. The number of methoxy groups -OCH3 is 2. The molecule has 1 aromatic heterocycles. The van der Waals surface area contributed by atoms with E-state index in [1.165, 1.54) is 12.7 Å². The SMILES string of the molecule is COCCN(CCC(=O)OC)c1ncnc2c1CCC2. The van der Waals surface area contributed by atoms with Crippen molar-refractivity contribution in [1.82, 2.24) is 9.97 Å². The van der Waals surface area contributed by atoms with Crippen LogP contribution in [-0.4, -0.2) is 49.9 Å². The highest BCUT2D eigenvalue weighted by Crippen LogP contribution is 2.27. The van der Waals surface area contributed by atoms with Gasteiger partial charge in [0.05, 0.1) is 20.1 Å². The molecule has 6 nitrogen and oxygen atoms in total. The summed E-state index contributed by atoms with van der Waals surface area (Å²) in [7, 11) is 3.08. The minimum atomic E-state index is -0.210. The van der Waals surface area contributed by atoms with E-state index in [0.717, 1.165) is 30.8 Å². The molecule has 20 heavy (non-hydrogen) atoms. The molecule has 1 aliphatic carbocycles. The molecule has 1 heterocycles. The zero-order valence-corrected chi connectivity index (χ0v) is 12.1. The second-order valence-corrected chi connectivity index (χ2v) is 4.78. The summed E-state index contributed by atoms with van der Waals surface area (Å²) in [4.78, 5) is 22.2. The molecule has 6 heteroatoms. The minimum Gasteiger partial charge on any atom is -0.469 e. The third-order valence-corrected chi connectivity index (χ3v) is 3.53. The van der Waals surface area contributed by atoms with Crippen LogP contribution >= 0.6 is 0 Å². The highest BCUT2D eigenvalue weighted by molar-refractivity contribution is 5.70. The summed E-state index contributed by atoms with van der Waals surface area (Å²) in [5.41, 5.74) is 2.35. The van der Waals surface area contributed by atoms with Crippen molar-refractivity contribution in [3.05, 3.63) is 17.6 Å². The third kappa shape index (κ3) is 3.45. The van der Waals surface area contributed by atoms with Crippen LogP contribution in [0.25, 0.3) is 0 Å². The number of hydrogen-bond acceptors (Lipinski definition) is 6. The van der Waals surface area contributed by atoms with Crippen LogP contribution < -0.4 is 4.90 Å². The van der Waals surface area contributed by atoms with Crippen LogP contribution in [0.1, 0.15) is 24.1 Å². The van der Waals surface area contributed by atoms with E-state index < -0.39 is 0 Å². The van der Waals surface area contributed by atoms with Gasteiger partial charge in [-0.15, -0.1) is 0 Å². The van der Waals surface area contributed by atoms with Crippen molar-refractivity contribution in [2.45, 2.75) is 25.7 Å². The molecule has 0 unspecified atom stereocenters. The van der Waals surface area contributed by atoms with Crippen molar-refractivity contribution >= 4 is 11.8 Å². The Bertz CT molecular complexity index is 465. The summed E-state index contributed by atoms with van der Waals surface area (Å²) in [6, 6.07) is 0. The summed E-state index contributed by atoms with van der Waals surface area (Å²) in [6.45, 7) is 1.89. The number of carbonyl (C=O) groups excluding carboxylic acids is 1. The number of anilines is 1. The Labute approximate surface area is 119 Å². The Morgan fingerprint density at radius 2 is 2.15 bits per heavy atom.